The van der Waals surface area contributed by atoms with Crippen molar-refractivity contribution >= 4 is 44.7 Å². The zero-order valence-electron chi connectivity index (χ0n) is 18.2. The van der Waals surface area contributed by atoms with Crippen molar-refractivity contribution < 1.29 is 9.53 Å². The van der Waals surface area contributed by atoms with Crippen LogP contribution < -0.4 is 9.64 Å². The van der Waals surface area contributed by atoms with Gasteiger partial charge < -0.3 is 9.64 Å². The van der Waals surface area contributed by atoms with Crippen LogP contribution in [0.5, 0.6) is 5.75 Å². The maximum Gasteiger partial charge on any atom is 0.260 e. The highest BCUT2D eigenvalue weighted by molar-refractivity contribution is 6.34. The second-order valence-corrected chi connectivity index (χ2v) is 8.27. The summed E-state index contributed by atoms with van der Waals surface area (Å²) in [4.78, 5) is 15.6. The zero-order chi connectivity index (χ0) is 22.8. The monoisotopic (exact) mass is 451 g/mol. The lowest BCUT2D eigenvalue weighted by Crippen LogP contribution is -2.30. The summed E-state index contributed by atoms with van der Waals surface area (Å²) in [5.74, 6) is 0.585. The highest BCUT2D eigenvalue weighted by Crippen LogP contribution is 2.32. The Morgan fingerprint density at radius 3 is 1.97 bits per heavy atom. The van der Waals surface area contributed by atoms with Crippen molar-refractivity contribution in [1.29, 1.82) is 0 Å². The van der Waals surface area contributed by atoms with Gasteiger partial charge in [0.2, 0.25) is 0 Å². The number of ether oxygens (including phenoxy) is 1. The normalized spacial score (nSPS) is 11.0. The second kappa shape index (κ2) is 8.97. The van der Waals surface area contributed by atoms with Crippen molar-refractivity contribution in [2.75, 3.05) is 12.0 Å². The van der Waals surface area contributed by atoms with Crippen molar-refractivity contribution in [3.05, 3.63) is 119 Å². The molecule has 0 spiro atoms. The van der Waals surface area contributed by atoms with Gasteiger partial charge in [-0.05, 0) is 69.6 Å². The summed E-state index contributed by atoms with van der Waals surface area (Å²) in [5.41, 5.74) is 2.34. The van der Waals surface area contributed by atoms with Crippen LogP contribution in [0.2, 0.25) is 5.02 Å². The average Bonchev–Trinajstić information content (AvgIpc) is 2.86. The van der Waals surface area contributed by atoms with E-state index in [-0.39, 0.29) is 5.91 Å². The molecule has 5 aromatic rings. The van der Waals surface area contributed by atoms with Crippen molar-refractivity contribution in [3.8, 4) is 5.75 Å². The van der Waals surface area contributed by atoms with Crippen molar-refractivity contribution in [2.45, 2.75) is 6.54 Å². The molecule has 0 radical (unpaired) electrons. The van der Waals surface area contributed by atoms with Gasteiger partial charge in [-0.2, -0.15) is 0 Å². The van der Waals surface area contributed by atoms with E-state index in [1.54, 1.807) is 24.1 Å². The number of benzene rings is 5. The summed E-state index contributed by atoms with van der Waals surface area (Å²) in [5, 5.41) is 4.98. The predicted molar refractivity (Wildman–Crippen MR) is 136 cm³/mol. The quantitative estimate of drug-likeness (QED) is 0.259. The Bertz CT molecular complexity index is 1410. The Morgan fingerprint density at radius 2 is 1.36 bits per heavy atom. The molecule has 0 saturated heterocycles. The van der Waals surface area contributed by atoms with Crippen LogP contribution in [0.15, 0.2) is 103 Å². The Balaban J connectivity index is 1.70. The number of hydrogen-bond donors (Lipinski definition) is 0. The smallest absolute Gasteiger partial charge is 0.260 e. The number of nitrogens with zero attached hydrogens (tertiary/aromatic N) is 1. The van der Waals surface area contributed by atoms with Crippen LogP contribution in [0.1, 0.15) is 15.9 Å². The summed E-state index contributed by atoms with van der Waals surface area (Å²) >= 11 is 6.42. The molecular weight excluding hydrogens is 430 g/mol. The van der Waals surface area contributed by atoms with Gasteiger partial charge in [0, 0.05) is 5.69 Å². The molecule has 1 amide bonds. The van der Waals surface area contributed by atoms with Crippen LogP contribution in [-0.2, 0) is 6.54 Å². The van der Waals surface area contributed by atoms with Crippen LogP contribution in [0.3, 0.4) is 0 Å². The molecule has 0 heterocycles. The number of anilines is 1. The number of hydrogen-bond acceptors (Lipinski definition) is 2. The largest absolute Gasteiger partial charge is 0.497 e. The zero-order valence-corrected chi connectivity index (χ0v) is 18.9. The molecule has 0 aliphatic heterocycles. The lowest BCUT2D eigenvalue weighted by molar-refractivity contribution is 0.0985. The molecule has 0 bridgehead atoms. The topological polar surface area (TPSA) is 29.5 Å². The fraction of sp³-hybridized carbons (Fsp3) is 0.0690. The molecule has 4 heteroatoms. The molecule has 0 fully saturated rings. The van der Waals surface area contributed by atoms with E-state index in [0.29, 0.717) is 17.1 Å². The summed E-state index contributed by atoms with van der Waals surface area (Å²) in [6.45, 7) is 0.401. The highest BCUT2D eigenvalue weighted by Gasteiger charge is 2.22. The Hall–Kier alpha value is -3.82. The third-order valence-electron chi connectivity index (χ3n) is 5.93. The molecule has 3 nitrogen and oxygen atoms in total. The number of fused-ring (bicyclic) bond motifs is 2. The lowest BCUT2D eigenvalue weighted by Gasteiger charge is -2.25. The Kier molecular flexibility index (Phi) is 5.72. The van der Waals surface area contributed by atoms with Gasteiger partial charge in [-0.1, -0.05) is 72.3 Å². The number of halogens is 1. The molecule has 0 unspecified atom stereocenters. The van der Waals surface area contributed by atoms with Crippen LogP contribution in [0, 0.1) is 0 Å². The minimum Gasteiger partial charge on any atom is -0.497 e. The number of carbonyl (C=O) groups excluding carboxylic acids is 1. The van der Waals surface area contributed by atoms with Gasteiger partial charge in [-0.15, -0.1) is 0 Å². The summed E-state index contributed by atoms with van der Waals surface area (Å²) in [6.07, 6.45) is 0. The summed E-state index contributed by atoms with van der Waals surface area (Å²) in [7, 11) is 1.63. The Morgan fingerprint density at radius 1 is 0.788 bits per heavy atom. The van der Waals surface area contributed by atoms with E-state index in [1.807, 2.05) is 60.7 Å². The van der Waals surface area contributed by atoms with Gasteiger partial charge >= 0.3 is 0 Å². The molecule has 0 N–H and O–H groups in total. The van der Waals surface area contributed by atoms with Crippen molar-refractivity contribution in [1.82, 2.24) is 0 Å². The maximum absolute atomic E-state index is 13.8. The van der Waals surface area contributed by atoms with Crippen LogP contribution in [0.25, 0.3) is 21.5 Å². The lowest BCUT2D eigenvalue weighted by atomic mass is 9.96. The first-order valence-electron chi connectivity index (χ1n) is 10.8. The van der Waals surface area contributed by atoms with Gasteiger partial charge in [0.05, 0.1) is 24.2 Å². The van der Waals surface area contributed by atoms with E-state index < -0.39 is 0 Å². The van der Waals surface area contributed by atoms with Crippen LogP contribution >= 0.6 is 11.6 Å². The first kappa shape index (κ1) is 21.0. The van der Waals surface area contributed by atoms with Gasteiger partial charge in [-0.25, -0.2) is 0 Å². The number of rotatable bonds is 5. The standard InChI is InChI=1S/C29H22ClNO2/c1-33-23-16-14-22(15-17-23)31(29(32)26-12-6-7-13-28(26)30)19-27-24-10-4-2-8-20(24)18-21-9-3-5-11-25(21)27/h2-18H,19H2,1H3. The number of carbonyl (C=O) groups is 1. The van der Waals surface area contributed by atoms with Crippen molar-refractivity contribution in [3.63, 3.8) is 0 Å². The summed E-state index contributed by atoms with van der Waals surface area (Å²) in [6, 6.07) is 33.5. The molecule has 5 aromatic carbocycles. The van der Waals surface area contributed by atoms with E-state index in [2.05, 4.69) is 30.3 Å². The molecule has 0 saturated carbocycles. The molecule has 0 atom stereocenters. The minimum absolute atomic E-state index is 0.150. The molecule has 0 aromatic heterocycles. The molecular formula is C29H22ClNO2. The van der Waals surface area contributed by atoms with Gasteiger partial charge in [-0.3, -0.25) is 4.79 Å². The van der Waals surface area contributed by atoms with E-state index in [4.69, 9.17) is 16.3 Å². The first-order chi connectivity index (χ1) is 16.2. The fourth-order valence-corrected chi connectivity index (χ4v) is 4.48. The van der Waals surface area contributed by atoms with Crippen molar-refractivity contribution in [2.24, 2.45) is 0 Å². The molecule has 0 aliphatic rings. The molecule has 162 valence electrons. The fourth-order valence-electron chi connectivity index (χ4n) is 4.26. The number of methoxy groups -OCH3 is 1. The maximum atomic E-state index is 13.8. The van der Waals surface area contributed by atoms with E-state index in [9.17, 15) is 4.79 Å². The number of amides is 1. The van der Waals surface area contributed by atoms with Gasteiger partial charge in [0.1, 0.15) is 5.75 Å². The predicted octanol–water partition coefficient (Wildman–Crippen LogP) is 7.50. The minimum atomic E-state index is -0.150. The molecule has 5 rings (SSSR count). The average molecular weight is 452 g/mol. The third-order valence-corrected chi connectivity index (χ3v) is 6.26. The van der Waals surface area contributed by atoms with E-state index in [0.717, 1.165) is 38.5 Å². The first-order valence-corrected chi connectivity index (χ1v) is 11.1. The van der Waals surface area contributed by atoms with Crippen LogP contribution in [-0.4, -0.2) is 13.0 Å². The SMILES string of the molecule is COc1ccc(N(Cc2c3ccccc3cc3ccccc23)C(=O)c2ccccc2Cl)cc1. The summed E-state index contributed by atoms with van der Waals surface area (Å²) < 4.78 is 5.32. The second-order valence-electron chi connectivity index (χ2n) is 7.87. The molecule has 33 heavy (non-hydrogen) atoms. The van der Waals surface area contributed by atoms with E-state index >= 15 is 0 Å². The highest BCUT2D eigenvalue weighted by atomic mass is 35.5. The van der Waals surface area contributed by atoms with Crippen LogP contribution in [0.4, 0.5) is 5.69 Å². The van der Waals surface area contributed by atoms with E-state index in [1.165, 1.54) is 0 Å². The Labute approximate surface area is 197 Å². The molecule has 0 aliphatic carbocycles. The van der Waals surface area contributed by atoms with Gasteiger partial charge in [0.15, 0.2) is 0 Å². The third kappa shape index (κ3) is 4.04. The van der Waals surface area contributed by atoms with Gasteiger partial charge in [0.25, 0.3) is 5.91 Å².